The summed E-state index contributed by atoms with van der Waals surface area (Å²) in [6.07, 6.45) is 4.59. The smallest absolute Gasteiger partial charge is 0.253 e. The lowest BCUT2D eigenvalue weighted by Crippen LogP contribution is -2.24. The summed E-state index contributed by atoms with van der Waals surface area (Å²) in [4.78, 5) is 18.0. The Labute approximate surface area is 165 Å². The third kappa shape index (κ3) is 3.72. The number of nitrogens with zero attached hydrogens (tertiary/aromatic N) is 1. The second kappa shape index (κ2) is 7.09. The monoisotopic (exact) mass is 408 g/mol. The lowest BCUT2D eigenvalue weighted by molar-refractivity contribution is -0.112. The number of hydrogen-bond donors (Lipinski definition) is 1. The molecule has 4 rings (SSSR count). The van der Waals surface area contributed by atoms with Gasteiger partial charge in [-0.15, -0.1) is 22.7 Å². The molecule has 27 heavy (non-hydrogen) atoms. The van der Waals surface area contributed by atoms with Crippen molar-refractivity contribution in [2.24, 2.45) is 0 Å². The molecule has 0 aromatic carbocycles. The number of halogens is 2. The Bertz CT molecular complexity index is 911. The van der Waals surface area contributed by atoms with E-state index in [1.165, 1.54) is 22.7 Å². The Morgan fingerprint density at radius 1 is 1.33 bits per heavy atom. The molecule has 0 saturated heterocycles. The van der Waals surface area contributed by atoms with Gasteiger partial charge < -0.3 is 5.32 Å². The summed E-state index contributed by atoms with van der Waals surface area (Å²) in [6, 6.07) is 0. The Kier molecular flexibility index (Phi) is 4.93. The summed E-state index contributed by atoms with van der Waals surface area (Å²) >= 11 is 2.82. The van der Waals surface area contributed by atoms with E-state index in [9.17, 15) is 13.6 Å². The van der Waals surface area contributed by atoms with Gasteiger partial charge in [-0.2, -0.15) is 0 Å². The normalized spacial score (nSPS) is 18.5. The molecule has 2 aliphatic carbocycles. The van der Waals surface area contributed by atoms with Crippen molar-refractivity contribution in [1.29, 1.82) is 0 Å². The predicted octanol–water partition coefficient (Wildman–Crippen LogP) is 6.17. The number of alkyl halides is 2. The molecule has 0 saturated carbocycles. The van der Waals surface area contributed by atoms with Crippen LogP contribution in [0.15, 0.2) is 17.0 Å². The maximum atomic E-state index is 13.9. The van der Waals surface area contributed by atoms with E-state index in [0.29, 0.717) is 22.2 Å². The average Bonchev–Trinajstić information content (AvgIpc) is 3.32. The molecular weight excluding hydrogens is 386 g/mol. The molecule has 2 aromatic heterocycles. The van der Waals surface area contributed by atoms with Gasteiger partial charge in [-0.1, -0.05) is 19.9 Å². The van der Waals surface area contributed by atoms with Gasteiger partial charge in [0, 0.05) is 34.2 Å². The molecule has 2 heterocycles. The minimum atomic E-state index is -2.67. The van der Waals surface area contributed by atoms with Crippen LogP contribution in [0.2, 0.25) is 0 Å². The van der Waals surface area contributed by atoms with Gasteiger partial charge in [0.1, 0.15) is 10.0 Å². The standard InChI is InChI=1S/C20H22F2N2OS2/c1-11(2)14-10-26-18(23-14)16-13-7-8-20(21,22)9-15(13)27-19(16)24-17(25)12-5-3-4-6-12/h5,10-11H,3-4,6-9H2,1-2H3,(H,24,25). The molecule has 2 aliphatic rings. The van der Waals surface area contributed by atoms with E-state index in [-0.39, 0.29) is 18.7 Å². The minimum Gasteiger partial charge on any atom is -0.313 e. The van der Waals surface area contributed by atoms with Crippen LogP contribution in [0.1, 0.15) is 61.6 Å². The number of rotatable bonds is 4. The number of anilines is 1. The fraction of sp³-hybridized carbons (Fsp3) is 0.500. The van der Waals surface area contributed by atoms with Crippen molar-refractivity contribution >= 4 is 33.6 Å². The molecule has 2 aromatic rings. The van der Waals surface area contributed by atoms with Crippen LogP contribution in [0.25, 0.3) is 10.6 Å². The third-order valence-corrected chi connectivity index (χ3v) is 7.16. The van der Waals surface area contributed by atoms with Crippen molar-refractivity contribution < 1.29 is 13.6 Å². The van der Waals surface area contributed by atoms with Crippen molar-refractivity contribution in [1.82, 2.24) is 4.98 Å². The number of thiophene rings is 1. The zero-order valence-corrected chi connectivity index (χ0v) is 17.0. The van der Waals surface area contributed by atoms with Crippen LogP contribution in [-0.2, 0) is 17.6 Å². The molecule has 0 unspecified atom stereocenters. The van der Waals surface area contributed by atoms with E-state index in [2.05, 4.69) is 19.2 Å². The number of hydrogen-bond acceptors (Lipinski definition) is 4. The summed E-state index contributed by atoms with van der Waals surface area (Å²) < 4.78 is 27.9. The topological polar surface area (TPSA) is 42.0 Å². The van der Waals surface area contributed by atoms with Crippen molar-refractivity contribution in [2.45, 2.75) is 64.2 Å². The first kappa shape index (κ1) is 18.7. The van der Waals surface area contributed by atoms with Gasteiger partial charge in [-0.05, 0) is 37.2 Å². The summed E-state index contributed by atoms with van der Waals surface area (Å²) in [5.74, 6) is -2.48. The summed E-state index contributed by atoms with van der Waals surface area (Å²) in [6.45, 7) is 4.16. The molecule has 3 nitrogen and oxygen atoms in total. The van der Waals surface area contributed by atoms with E-state index in [0.717, 1.165) is 46.7 Å². The first-order valence-electron chi connectivity index (χ1n) is 9.32. The maximum absolute atomic E-state index is 13.9. The van der Waals surface area contributed by atoms with E-state index in [1.54, 1.807) is 0 Å². The van der Waals surface area contributed by atoms with Gasteiger partial charge in [0.25, 0.3) is 11.8 Å². The Hall–Kier alpha value is -1.60. The van der Waals surface area contributed by atoms with Crippen molar-refractivity contribution in [3.63, 3.8) is 0 Å². The van der Waals surface area contributed by atoms with Gasteiger partial charge in [0.15, 0.2) is 0 Å². The minimum absolute atomic E-state index is 0.111. The van der Waals surface area contributed by atoms with Crippen molar-refractivity contribution in [3.8, 4) is 10.6 Å². The SMILES string of the molecule is CC(C)c1csc(-c2c(NC(=O)C3=CCCC3)sc3c2CCC(F)(F)C3)n1. The van der Waals surface area contributed by atoms with Gasteiger partial charge in [0.05, 0.1) is 5.69 Å². The zero-order valence-electron chi connectivity index (χ0n) is 15.4. The van der Waals surface area contributed by atoms with Crippen LogP contribution in [0.4, 0.5) is 13.8 Å². The fourth-order valence-electron chi connectivity index (χ4n) is 3.59. The number of amides is 1. The number of fused-ring (bicyclic) bond motifs is 1. The quantitative estimate of drug-likeness (QED) is 0.657. The second-order valence-corrected chi connectivity index (χ2v) is 9.51. The highest BCUT2D eigenvalue weighted by Gasteiger charge is 2.38. The highest BCUT2D eigenvalue weighted by Crippen LogP contribution is 2.48. The van der Waals surface area contributed by atoms with Crippen LogP contribution in [0.5, 0.6) is 0 Å². The molecule has 0 radical (unpaired) electrons. The van der Waals surface area contributed by atoms with E-state index in [1.807, 2.05) is 11.5 Å². The first-order chi connectivity index (χ1) is 12.8. The number of carbonyl (C=O) groups excluding carboxylic acids is 1. The van der Waals surface area contributed by atoms with Crippen molar-refractivity contribution in [2.75, 3.05) is 5.32 Å². The zero-order chi connectivity index (χ0) is 19.2. The summed E-state index contributed by atoms with van der Waals surface area (Å²) in [5.41, 5.74) is 3.58. The van der Waals surface area contributed by atoms with E-state index in [4.69, 9.17) is 4.98 Å². The van der Waals surface area contributed by atoms with Gasteiger partial charge >= 0.3 is 0 Å². The molecule has 1 amide bonds. The van der Waals surface area contributed by atoms with Crippen LogP contribution >= 0.6 is 22.7 Å². The number of nitrogens with one attached hydrogen (secondary N) is 1. The van der Waals surface area contributed by atoms with Crippen LogP contribution in [-0.4, -0.2) is 16.8 Å². The second-order valence-electron chi connectivity index (χ2n) is 7.55. The van der Waals surface area contributed by atoms with E-state index >= 15 is 0 Å². The highest BCUT2D eigenvalue weighted by molar-refractivity contribution is 7.18. The molecule has 0 bridgehead atoms. The Morgan fingerprint density at radius 3 is 2.81 bits per heavy atom. The van der Waals surface area contributed by atoms with Crippen LogP contribution in [0.3, 0.4) is 0 Å². The lowest BCUT2D eigenvalue weighted by atomic mass is 9.93. The van der Waals surface area contributed by atoms with Crippen molar-refractivity contribution in [3.05, 3.63) is 33.2 Å². The molecule has 0 aliphatic heterocycles. The fourth-order valence-corrected chi connectivity index (χ4v) is 6.04. The maximum Gasteiger partial charge on any atom is 0.253 e. The molecular formula is C20H22F2N2OS2. The highest BCUT2D eigenvalue weighted by atomic mass is 32.1. The third-order valence-electron chi connectivity index (χ3n) is 5.14. The van der Waals surface area contributed by atoms with Gasteiger partial charge in [-0.3, -0.25) is 4.79 Å². The molecule has 0 fully saturated rings. The summed E-state index contributed by atoms with van der Waals surface area (Å²) in [7, 11) is 0. The van der Waals surface area contributed by atoms with E-state index < -0.39 is 5.92 Å². The van der Waals surface area contributed by atoms with Gasteiger partial charge in [-0.25, -0.2) is 13.8 Å². The number of thiazole rings is 1. The van der Waals surface area contributed by atoms with Crippen LogP contribution in [0, 0.1) is 0 Å². The Morgan fingerprint density at radius 2 is 2.15 bits per heavy atom. The molecule has 0 spiro atoms. The van der Waals surface area contributed by atoms with Gasteiger partial charge in [0.2, 0.25) is 0 Å². The number of allylic oxidation sites excluding steroid dienone is 1. The number of aromatic nitrogens is 1. The lowest BCUT2D eigenvalue weighted by Gasteiger charge is -2.21. The average molecular weight is 409 g/mol. The summed E-state index contributed by atoms with van der Waals surface area (Å²) in [5, 5.41) is 6.51. The molecule has 7 heteroatoms. The molecule has 0 atom stereocenters. The largest absolute Gasteiger partial charge is 0.313 e. The molecule has 144 valence electrons. The first-order valence-corrected chi connectivity index (χ1v) is 11.0. The number of carbonyl (C=O) groups is 1. The predicted molar refractivity (Wildman–Crippen MR) is 107 cm³/mol. The molecule has 1 N–H and O–H groups in total. The van der Waals surface area contributed by atoms with Crippen LogP contribution < -0.4 is 5.32 Å². The Balaban J connectivity index is 1.74.